The van der Waals surface area contributed by atoms with E-state index in [2.05, 4.69) is 4.98 Å². The molecule has 2 heterocycles. The number of hydrogen-bond donors (Lipinski definition) is 3. The molecule has 4 atom stereocenters. The third kappa shape index (κ3) is 3.42. The number of quaternary nitrogens is 1. The lowest BCUT2D eigenvalue weighted by molar-refractivity contribution is -0.900. The summed E-state index contributed by atoms with van der Waals surface area (Å²) in [6.45, 7) is 2.93. The summed E-state index contributed by atoms with van der Waals surface area (Å²) in [7, 11) is 0. The average molecular weight is 415 g/mol. The van der Waals surface area contributed by atoms with Crippen LogP contribution < -0.4 is 17.2 Å². The van der Waals surface area contributed by atoms with E-state index in [0.29, 0.717) is 37.7 Å². The molecule has 2 amide bonds. The highest BCUT2D eigenvalue weighted by Crippen LogP contribution is 2.59. The number of aryl methyl sites for hydroxylation is 1. The normalized spacial score (nSPS) is 32.3. The fourth-order valence-corrected chi connectivity index (χ4v) is 6.37. The molecule has 2 saturated carbocycles. The Balaban J connectivity index is 1.68. The Kier molecular flexibility index (Phi) is 5.62. The Morgan fingerprint density at radius 3 is 2.60 bits per heavy atom. The van der Waals surface area contributed by atoms with Crippen LogP contribution in [0.5, 0.6) is 0 Å². The van der Waals surface area contributed by atoms with E-state index in [4.69, 9.17) is 17.2 Å². The number of nitrogens with two attached hydrogens (primary N) is 3. The SMILES string of the molecule is Cc1nc(N)ccc1C[N+]1(C(=O)[C@H](N)CC2CCCCC2)CCC[C@@H]2C[C@@]21C(N)=O. The third-order valence-electron chi connectivity index (χ3n) is 8.06. The minimum Gasteiger partial charge on any atom is -0.384 e. The molecule has 0 bridgehead atoms. The van der Waals surface area contributed by atoms with Gasteiger partial charge < -0.3 is 17.2 Å². The summed E-state index contributed by atoms with van der Waals surface area (Å²) in [5.74, 6) is 0.763. The second-order valence-corrected chi connectivity index (χ2v) is 9.85. The van der Waals surface area contributed by atoms with E-state index in [1.54, 1.807) is 6.07 Å². The van der Waals surface area contributed by atoms with Gasteiger partial charge in [0, 0.05) is 23.6 Å². The quantitative estimate of drug-likeness (QED) is 0.615. The van der Waals surface area contributed by atoms with Gasteiger partial charge in [-0.2, -0.15) is 0 Å². The molecule has 4 rings (SSSR count). The zero-order valence-corrected chi connectivity index (χ0v) is 18.1. The van der Waals surface area contributed by atoms with E-state index in [1.165, 1.54) is 19.3 Å². The van der Waals surface area contributed by atoms with Gasteiger partial charge >= 0.3 is 5.91 Å². The van der Waals surface area contributed by atoms with Crippen LogP contribution in [0, 0.1) is 18.8 Å². The molecule has 30 heavy (non-hydrogen) atoms. The van der Waals surface area contributed by atoms with E-state index in [-0.39, 0.29) is 22.2 Å². The zero-order chi connectivity index (χ0) is 21.5. The van der Waals surface area contributed by atoms with Crippen LogP contribution in [0.25, 0.3) is 0 Å². The molecule has 3 aliphatic rings. The lowest BCUT2D eigenvalue weighted by atomic mass is 9.84. The van der Waals surface area contributed by atoms with Crippen LogP contribution in [0.4, 0.5) is 5.82 Å². The number of aromatic nitrogens is 1. The summed E-state index contributed by atoms with van der Waals surface area (Å²) in [6.07, 6.45) is 9.25. The average Bonchev–Trinajstić information content (AvgIpc) is 3.47. The summed E-state index contributed by atoms with van der Waals surface area (Å²) >= 11 is 0. The number of amides is 2. The van der Waals surface area contributed by atoms with Crippen LogP contribution in [0.3, 0.4) is 0 Å². The van der Waals surface area contributed by atoms with Gasteiger partial charge in [0.25, 0.3) is 5.91 Å². The predicted molar refractivity (Wildman–Crippen MR) is 116 cm³/mol. The fourth-order valence-electron chi connectivity index (χ4n) is 6.37. The minimum atomic E-state index is -0.812. The number of nitrogens with zero attached hydrogens (tertiary/aromatic N) is 2. The van der Waals surface area contributed by atoms with Gasteiger partial charge in [-0.1, -0.05) is 32.1 Å². The summed E-state index contributed by atoms with van der Waals surface area (Å²) in [5.41, 5.74) is 19.3. The molecule has 1 aliphatic heterocycles. The molecule has 164 valence electrons. The second-order valence-electron chi connectivity index (χ2n) is 9.85. The number of hydrogen-bond acceptors (Lipinski definition) is 5. The molecule has 1 aromatic heterocycles. The predicted octanol–water partition coefficient (Wildman–Crippen LogP) is 2.15. The molecular weight excluding hydrogens is 378 g/mol. The maximum absolute atomic E-state index is 14.0. The van der Waals surface area contributed by atoms with Gasteiger partial charge in [-0.3, -0.25) is 4.79 Å². The van der Waals surface area contributed by atoms with Crippen LogP contribution in [0.2, 0.25) is 0 Å². The molecule has 7 nitrogen and oxygen atoms in total. The molecule has 1 unspecified atom stereocenters. The molecule has 0 radical (unpaired) electrons. The maximum Gasteiger partial charge on any atom is 0.331 e. The van der Waals surface area contributed by atoms with Gasteiger partial charge in [0.05, 0.1) is 6.54 Å². The summed E-state index contributed by atoms with van der Waals surface area (Å²) in [6, 6.07) is 3.13. The van der Waals surface area contributed by atoms with E-state index >= 15 is 0 Å². The first-order valence-corrected chi connectivity index (χ1v) is 11.5. The number of primary amides is 1. The van der Waals surface area contributed by atoms with Crippen LogP contribution in [-0.2, 0) is 16.1 Å². The lowest BCUT2D eigenvalue weighted by Gasteiger charge is -2.46. The van der Waals surface area contributed by atoms with Gasteiger partial charge in [0.15, 0.2) is 5.54 Å². The van der Waals surface area contributed by atoms with Crippen molar-refractivity contribution in [3.8, 4) is 0 Å². The maximum atomic E-state index is 14.0. The van der Waals surface area contributed by atoms with Gasteiger partial charge in [-0.05, 0) is 44.2 Å². The topological polar surface area (TPSA) is 125 Å². The molecule has 1 saturated heterocycles. The number of carbonyl (C=O) groups excluding carboxylic acids is 2. The first kappa shape index (κ1) is 21.2. The Labute approximate surface area is 179 Å². The van der Waals surface area contributed by atoms with Crippen LogP contribution in [0.1, 0.15) is 69.0 Å². The third-order valence-corrected chi connectivity index (χ3v) is 8.06. The Morgan fingerprint density at radius 1 is 1.20 bits per heavy atom. The van der Waals surface area contributed by atoms with Crippen molar-refractivity contribution in [2.45, 2.75) is 82.8 Å². The minimum absolute atomic E-state index is 0.0159. The Hall–Kier alpha value is -1.99. The standard InChI is InChI=1S/C23H35N5O2/c1-15-17(9-10-20(25)27-15)14-28(11-5-8-18-13-23(18,28)22(26)30)21(29)19(24)12-16-6-3-2-4-7-16/h9-10,16,18-19H,2-8,11-14,24H2,1H3,(H3-,25,26,27,30)/p+1/t18-,19-,23+,28?/m1/s1. The van der Waals surface area contributed by atoms with Gasteiger partial charge in [-0.25, -0.2) is 14.3 Å². The van der Waals surface area contributed by atoms with Crippen molar-refractivity contribution >= 4 is 17.6 Å². The van der Waals surface area contributed by atoms with Crippen LogP contribution in [-0.4, -0.2) is 39.4 Å². The Bertz CT molecular complexity index is 837. The summed E-state index contributed by atoms with van der Waals surface area (Å²) < 4.78 is 0.0628. The highest BCUT2D eigenvalue weighted by atomic mass is 16.2. The number of anilines is 1. The van der Waals surface area contributed by atoms with Gasteiger partial charge in [0.2, 0.25) is 0 Å². The molecule has 2 aliphatic carbocycles. The van der Waals surface area contributed by atoms with Crippen molar-refractivity contribution in [3.63, 3.8) is 0 Å². The highest BCUT2D eigenvalue weighted by Gasteiger charge is 2.76. The fraction of sp³-hybridized carbons (Fsp3) is 0.696. The zero-order valence-electron chi connectivity index (χ0n) is 18.1. The monoisotopic (exact) mass is 414 g/mol. The number of pyridine rings is 1. The van der Waals surface area contributed by atoms with Crippen LogP contribution in [0.15, 0.2) is 12.1 Å². The van der Waals surface area contributed by atoms with Gasteiger partial charge in [-0.15, -0.1) is 0 Å². The number of fused-ring (bicyclic) bond motifs is 1. The van der Waals surface area contributed by atoms with Crippen molar-refractivity contribution in [2.75, 3.05) is 12.3 Å². The number of likely N-dealkylation sites (tertiary alicyclic amines) is 1. The molecule has 7 heteroatoms. The first-order valence-electron chi connectivity index (χ1n) is 11.5. The molecule has 0 spiro atoms. The highest BCUT2D eigenvalue weighted by molar-refractivity contribution is 5.90. The van der Waals surface area contributed by atoms with Crippen molar-refractivity contribution in [3.05, 3.63) is 23.4 Å². The number of piperidine rings is 1. The number of nitrogen functional groups attached to an aromatic ring is 1. The van der Waals surface area contributed by atoms with Crippen LogP contribution >= 0.6 is 0 Å². The number of rotatable bonds is 6. The molecule has 3 fully saturated rings. The largest absolute Gasteiger partial charge is 0.384 e. The van der Waals surface area contributed by atoms with E-state index in [0.717, 1.165) is 36.9 Å². The smallest absolute Gasteiger partial charge is 0.331 e. The van der Waals surface area contributed by atoms with E-state index in [1.807, 2.05) is 13.0 Å². The van der Waals surface area contributed by atoms with Crippen molar-refractivity contribution in [1.29, 1.82) is 0 Å². The second kappa shape index (κ2) is 7.93. The summed E-state index contributed by atoms with van der Waals surface area (Å²) in [5, 5.41) is 0. The Morgan fingerprint density at radius 2 is 1.93 bits per heavy atom. The molecule has 1 aromatic rings. The lowest BCUT2D eigenvalue weighted by Crippen LogP contribution is -2.70. The van der Waals surface area contributed by atoms with E-state index in [9.17, 15) is 9.59 Å². The first-order chi connectivity index (χ1) is 14.3. The molecule has 0 aromatic carbocycles. The molecular formula is C23H36N5O2+. The van der Waals surface area contributed by atoms with Gasteiger partial charge in [0.1, 0.15) is 18.4 Å². The number of carbonyl (C=O) groups is 2. The van der Waals surface area contributed by atoms with Crippen molar-refractivity contribution in [2.24, 2.45) is 23.3 Å². The molecule has 6 N–H and O–H groups in total. The van der Waals surface area contributed by atoms with E-state index < -0.39 is 11.6 Å². The summed E-state index contributed by atoms with van der Waals surface area (Å²) in [4.78, 5) is 31.2. The van der Waals surface area contributed by atoms with Crippen molar-refractivity contribution < 1.29 is 14.1 Å². The van der Waals surface area contributed by atoms with Crippen molar-refractivity contribution in [1.82, 2.24) is 4.98 Å².